The van der Waals surface area contributed by atoms with E-state index in [1.807, 2.05) is 24.3 Å². The smallest absolute Gasteiger partial charge is 0.229 e. The second-order valence-electron chi connectivity index (χ2n) is 6.78. The molecule has 27 heavy (non-hydrogen) atoms. The standard InChI is InChI=1S/C20H23N3O4/c1-14(24)22(2)11-15-6-3-4-8-18(15)21-20(26)16-10-19(25)23(12-16)13-17-7-5-9-27-17/h3-9,16H,10-13H2,1-2H3,(H,21,26). The Morgan fingerprint density at radius 1 is 1.26 bits per heavy atom. The summed E-state index contributed by atoms with van der Waals surface area (Å²) in [7, 11) is 1.71. The van der Waals surface area contributed by atoms with E-state index >= 15 is 0 Å². The summed E-state index contributed by atoms with van der Waals surface area (Å²) in [4.78, 5) is 39.6. The third-order valence-electron chi connectivity index (χ3n) is 4.73. The number of hydrogen-bond acceptors (Lipinski definition) is 4. The van der Waals surface area contributed by atoms with Gasteiger partial charge in [-0.1, -0.05) is 18.2 Å². The molecular weight excluding hydrogens is 346 g/mol. The Bertz CT molecular complexity index is 832. The van der Waals surface area contributed by atoms with Crippen molar-refractivity contribution in [1.29, 1.82) is 0 Å². The fourth-order valence-electron chi connectivity index (χ4n) is 3.07. The fraction of sp³-hybridized carbons (Fsp3) is 0.350. The number of carbonyl (C=O) groups excluding carboxylic acids is 3. The van der Waals surface area contributed by atoms with Gasteiger partial charge in [-0.3, -0.25) is 14.4 Å². The summed E-state index contributed by atoms with van der Waals surface area (Å²) in [5.74, 6) is -0.0152. The van der Waals surface area contributed by atoms with Crippen molar-refractivity contribution in [2.45, 2.75) is 26.4 Å². The van der Waals surface area contributed by atoms with Crippen LogP contribution in [-0.4, -0.2) is 41.1 Å². The second kappa shape index (κ2) is 8.07. The second-order valence-corrected chi connectivity index (χ2v) is 6.78. The van der Waals surface area contributed by atoms with Crippen molar-refractivity contribution in [3.8, 4) is 0 Å². The zero-order valence-electron chi connectivity index (χ0n) is 15.5. The van der Waals surface area contributed by atoms with Crippen LogP contribution in [0.4, 0.5) is 5.69 Å². The largest absolute Gasteiger partial charge is 0.467 e. The predicted molar refractivity (Wildman–Crippen MR) is 99.5 cm³/mol. The number of anilines is 1. The van der Waals surface area contributed by atoms with Crippen LogP contribution < -0.4 is 5.32 Å². The van der Waals surface area contributed by atoms with Crippen molar-refractivity contribution in [2.24, 2.45) is 5.92 Å². The van der Waals surface area contributed by atoms with E-state index in [0.717, 1.165) is 5.56 Å². The number of nitrogens with zero attached hydrogens (tertiary/aromatic N) is 2. The highest BCUT2D eigenvalue weighted by Gasteiger charge is 2.34. The van der Waals surface area contributed by atoms with Gasteiger partial charge in [0.1, 0.15) is 5.76 Å². The summed E-state index contributed by atoms with van der Waals surface area (Å²) >= 11 is 0. The molecule has 1 fully saturated rings. The first-order valence-corrected chi connectivity index (χ1v) is 8.84. The van der Waals surface area contributed by atoms with Crippen LogP contribution in [-0.2, 0) is 27.5 Å². The van der Waals surface area contributed by atoms with Crippen LogP contribution >= 0.6 is 0 Å². The molecule has 0 saturated carbocycles. The molecule has 1 atom stereocenters. The summed E-state index contributed by atoms with van der Waals surface area (Å²) in [6, 6.07) is 11.0. The lowest BCUT2D eigenvalue weighted by Gasteiger charge is -2.19. The fourth-order valence-corrected chi connectivity index (χ4v) is 3.07. The van der Waals surface area contributed by atoms with Gasteiger partial charge in [-0.15, -0.1) is 0 Å². The van der Waals surface area contributed by atoms with Gasteiger partial charge in [0, 0.05) is 39.2 Å². The SMILES string of the molecule is CC(=O)N(C)Cc1ccccc1NC(=O)C1CC(=O)N(Cc2ccco2)C1. The number of amides is 3. The molecule has 1 N–H and O–H groups in total. The molecule has 1 aromatic carbocycles. The zero-order chi connectivity index (χ0) is 19.4. The lowest BCUT2D eigenvalue weighted by atomic mass is 10.1. The van der Waals surface area contributed by atoms with E-state index in [1.165, 1.54) is 6.92 Å². The van der Waals surface area contributed by atoms with E-state index in [4.69, 9.17) is 4.42 Å². The highest BCUT2D eigenvalue weighted by atomic mass is 16.3. The van der Waals surface area contributed by atoms with Gasteiger partial charge in [-0.2, -0.15) is 0 Å². The first kappa shape index (κ1) is 18.7. The highest BCUT2D eigenvalue weighted by molar-refractivity contribution is 5.97. The molecule has 3 amide bonds. The van der Waals surface area contributed by atoms with Gasteiger partial charge in [-0.25, -0.2) is 0 Å². The minimum absolute atomic E-state index is 0.0499. The van der Waals surface area contributed by atoms with Gasteiger partial charge in [0.05, 0.1) is 18.7 Å². The van der Waals surface area contributed by atoms with Crippen LogP contribution in [0.5, 0.6) is 0 Å². The summed E-state index contributed by atoms with van der Waals surface area (Å²) in [6.07, 6.45) is 1.75. The first-order valence-electron chi connectivity index (χ1n) is 8.84. The van der Waals surface area contributed by atoms with Crippen molar-refractivity contribution < 1.29 is 18.8 Å². The number of furan rings is 1. The highest BCUT2D eigenvalue weighted by Crippen LogP contribution is 2.24. The maximum Gasteiger partial charge on any atom is 0.229 e. The molecule has 2 aromatic rings. The number of carbonyl (C=O) groups is 3. The molecule has 0 radical (unpaired) electrons. The molecule has 142 valence electrons. The zero-order valence-corrected chi connectivity index (χ0v) is 15.5. The number of nitrogens with one attached hydrogen (secondary N) is 1. The van der Waals surface area contributed by atoms with Gasteiger partial charge in [-0.05, 0) is 23.8 Å². The number of hydrogen-bond donors (Lipinski definition) is 1. The minimum Gasteiger partial charge on any atom is -0.467 e. The van der Waals surface area contributed by atoms with Crippen LogP contribution in [0.3, 0.4) is 0 Å². The van der Waals surface area contributed by atoms with Gasteiger partial charge < -0.3 is 19.5 Å². The Morgan fingerprint density at radius 2 is 2.04 bits per heavy atom. The van der Waals surface area contributed by atoms with E-state index in [9.17, 15) is 14.4 Å². The van der Waals surface area contributed by atoms with Crippen molar-refractivity contribution in [3.63, 3.8) is 0 Å². The molecule has 1 aliphatic rings. The molecule has 7 nitrogen and oxygen atoms in total. The Hall–Kier alpha value is -3.09. The Balaban J connectivity index is 1.64. The van der Waals surface area contributed by atoms with Crippen LogP contribution in [0.2, 0.25) is 0 Å². The van der Waals surface area contributed by atoms with Crippen molar-refractivity contribution in [3.05, 3.63) is 54.0 Å². The third kappa shape index (κ3) is 4.55. The van der Waals surface area contributed by atoms with Crippen LogP contribution in [0.15, 0.2) is 47.1 Å². The van der Waals surface area contributed by atoms with Gasteiger partial charge >= 0.3 is 0 Å². The summed E-state index contributed by atoms with van der Waals surface area (Å²) < 4.78 is 5.28. The average Bonchev–Trinajstić information content (AvgIpc) is 3.27. The first-order chi connectivity index (χ1) is 12.9. The third-order valence-corrected chi connectivity index (χ3v) is 4.73. The minimum atomic E-state index is -0.411. The van der Waals surface area contributed by atoms with E-state index in [-0.39, 0.29) is 24.1 Å². The molecule has 7 heteroatoms. The maximum absolute atomic E-state index is 12.7. The predicted octanol–water partition coefficient (Wildman–Crippen LogP) is 2.25. The molecule has 1 aromatic heterocycles. The molecular formula is C20H23N3O4. The molecule has 1 aliphatic heterocycles. The molecule has 2 heterocycles. The summed E-state index contributed by atoms with van der Waals surface area (Å²) in [5.41, 5.74) is 1.51. The van der Waals surface area contributed by atoms with E-state index < -0.39 is 5.92 Å². The molecule has 1 unspecified atom stereocenters. The maximum atomic E-state index is 12.7. The molecule has 0 bridgehead atoms. The van der Waals surface area contributed by atoms with Gasteiger partial charge in [0.25, 0.3) is 0 Å². The topological polar surface area (TPSA) is 82.9 Å². The Kier molecular flexibility index (Phi) is 5.59. The number of rotatable bonds is 6. The van der Waals surface area contributed by atoms with Crippen molar-refractivity contribution in [1.82, 2.24) is 9.80 Å². The summed E-state index contributed by atoms with van der Waals surface area (Å²) in [5, 5.41) is 2.92. The normalized spacial score (nSPS) is 16.4. The van der Waals surface area contributed by atoms with E-state index in [0.29, 0.717) is 31.1 Å². The molecule has 0 spiro atoms. The van der Waals surface area contributed by atoms with Crippen LogP contribution in [0.25, 0.3) is 0 Å². The number of para-hydroxylation sites is 1. The Morgan fingerprint density at radius 3 is 2.74 bits per heavy atom. The number of likely N-dealkylation sites (tertiary alicyclic amines) is 1. The van der Waals surface area contributed by atoms with Crippen LogP contribution in [0.1, 0.15) is 24.7 Å². The molecule has 3 rings (SSSR count). The Labute approximate surface area is 157 Å². The molecule has 0 aliphatic carbocycles. The quantitative estimate of drug-likeness (QED) is 0.847. The van der Waals surface area contributed by atoms with Crippen molar-refractivity contribution in [2.75, 3.05) is 18.9 Å². The average molecular weight is 369 g/mol. The number of benzene rings is 1. The van der Waals surface area contributed by atoms with Gasteiger partial charge in [0.15, 0.2) is 0 Å². The van der Waals surface area contributed by atoms with E-state index in [1.54, 1.807) is 35.2 Å². The lowest BCUT2D eigenvalue weighted by Crippen LogP contribution is -2.28. The summed E-state index contributed by atoms with van der Waals surface area (Å²) in [6.45, 7) is 2.63. The molecule has 1 saturated heterocycles. The lowest BCUT2D eigenvalue weighted by molar-refractivity contribution is -0.129. The van der Waals surface area contributed by atoms with Crippen molar-refractivity contribution >= 4 is 23.4 Å². The van der Waals surface area contributed by atoms with Gasteiger partial charge in [0.2, 0.25) is 17.7 Å². The van der Waals surface area contributed by atoms with E-state index in [2.05, 4.69) is 5.32 Å². The van der Waals surface area contributed by atoms with Crippen LogP contribution in [0, 0.1) is 5.92 Å². The monoisotopic (exact) mass is 369 g/mol.